The number of nitrogens with one attached hydrogen (secondary N) is 1. The van der Waals surface area contributed by atoms with Crippen molar-refractivity contribution in [1.82, 2.24) is 5.32 Å². The van der Waals surface area contributed by atoms with E-state index in [9.17, 15) is 0 Å². The highest BCUT2D eigenvalue weighted by atomic mass is 32.2. The molecule has 0 saturated carbocycles. The first kappa shape index (κ1) is 12.0. The van der Waals surface area contributed by atoms with Gasteiger partial charge in [0, 0.05) is 11.8 Å². The predicted octanol–water partition coefficient (Wildman–Crippen LogP) is 3.42. The van der Waals surface area contributed by atoms with Crippen molar-refractivity contribution in [3.8, 4) is 0 Å². The number of thiophene rings is 1. The molecule has 1 atom stereocenters. The summed E-state index contributed by atoms with van der Waals surface area (Å²) in [6.07, 6.45) is 2.53. The van der Waals surface area contributed by atoms with Crippen molar-refractivity contribution < 1.29 is 0 Å². The number of hydrogen-bond donors (Lipinski definition) is 1. The van der Waals surface area contributed by atoms with Gasteiger partial charge in [0.25, 0.3) is 0 Å². The first-order valence-corrected chi connectivity index (χ1v) is 7.58. The standard InChI is InChI=1S/C12H18N2S2/c1-3-4-11-6-14-12(16-11)13-5-10-8-15-7-9(10)2/h7-8,11H,3-6H2,1-2H3,(H,13,14). The molecule has 0 fully saturated rings. The van der Waals surface area contributed by atoms with Crippen LogP contribution >= 0.6 is 23.1 Å². The highest BCUT2D eigenvalue weighted by Crippen LogP contribution is 2.24. The Balaban J connectivity index is 1.78. The van der Waals surface area contributed by atoms with Crippen molar-refractivity contribution in [2.75, 3.05) is 6.54 Å². The van der Waals surface area contributed by atoms with E-state index in [-0.39, 0.29) is 0 Å². The van der Waals surface area contributed by atoms with Crippen molar-refractivity contribution in [3.05, 3.63) is 21.9 Å². The Morgan fingerprint density at radius 2 is 2.38 bits per heavy atom. The zero-order valence-corrected chi connectivity index (χ0v) is 11.5. The lowest BCUT2D eigenvalue weighted by Gasteiger charge is -2.07. The second kappa shape index (κ2) is 5.73. The number of rotatable bonds is 4. The minimum atomic E-state index is 0.705. The van der Waals surface area contributed by atoms with Crippen LogP contribution in [0.15, 0.2) is 15.8 Å². The normalized spacial score (nSPS) is 19.9. The summed E-state index contributed by atoms with van der Waals surface area (Å²) in [5.74, 6) is 0. The van der Waals surface area contributed by atoms with Crippen LogP contribution in [0.5, 0.6) is 0 Å². The minimum absolute atomic E-state index is 0.705. The third kappa shape index (κ3) is 3.01. The van der Waals surface area contributed by atoms with Crippen LogP contribution < -0.4 is 5.32 Å². The average Bonchev–Trinajstić information content (AvgIpc) is 2.86. The molecule has 0 amide bonds. The largest absolute Gasteiger partial charge is 0.361 e. The number of aryl methyl sites for hydroxylation is 1. The Kier molecular flexibility index (Phi) is 4.29. The summed E-state index contributed by atoms with van der Waals surface area (Å²) < 4.78 is 0. The maximum atomic E-state index is 4.54. The smallest absolute Gasteiger partial charge is 0.157 e. The van der Waals surface area contributed by atoms with Gasteiger partial charge in [-0.25, -0.2) is 0 Å². The van der Waals surface area contributed by atoms with Crippen LogP contribution in [0.25, 0.3) is 0 Å². The van der Waals surface area contributed by atoms with Gasteiger partial charge in [-0.3, -0.25) is 4.99 Å². The first-order valence-electron chi connectivity index (χ1n) is 5.76. The summed E-state index contributed by atoms with van der Waals surface area (Å²) in [4.78, 5) is 4.54. The van der Waals surface area contributed by atoms with Crippen LogP contribution in [0.2, 0.25) is 0 Å². The Bertz CT molecular complexity index is 371. The van der Waals surface area contributed by atoms with E-state index in [0.29, 0.717) is 5.25 Å². The highest BCUT2D eigenvalue weighted by molar-refractivity contribution is 8.14. The van der Waals surface area contributed by atoms with E-state index in [4.69, 9.17) is 0 Å². The number of nitrogens with zero attached hydrogens (tertiary/aromatic N) is 1. The van der Waals surface area contributed by atoms with Crippen molar-refractivity contribution in [2.45, 2.75) is 38.5 Å². The maximum absolute atomic E-state index is 4.54. The van der Waals surface area contributed by atoms with Crippen LogP contribution in [0.1, 0.15) is 30.9 Å². The van der Waals surface area contributed by atoms with Gasteiger partial charge >= 0.3 is 0 Å². The third-order valence-electron chi connectivity index (χ3n) is 2.72. The van der Waals surface area contributed by atoms with Gasteiger partial charge in [0.2, 0.25) is 0 Å². The summed E-state index contributed by atoms with van der Waals surface area (Å²) in [7, 11) is 0. The van der Waals surface area contributed by atoms with E-state index in [2.05, 4.69) is 34.9 Å². The molecule has 0 saturated heterocycles. The molecular formula is C12H18N2S2. The summed E-state index contributed by atoms with van der Waals surface area (Å²) >= 11 is 3.68. The SMILES string of the molecule is CCCC1CN=C(NCc2cscc2C)S1. The molecule has 0 aliphatic carbocycles. The number of aliphatic imine (C=N–C) groups is 1. The molecule has 1 aromatic heterocycles. The second-order valence-corrected chi connectivity index (χ2v) is 6.14. The second-order valence-electron chi connectivity index (χ2n) is 4.11. The van der Waals surface area contributed by atoms with E-state index in [0.717, 1.165) is 18.3 Å². The van der Waals surface area contributed by atoms with Gasteiger partial charge in [-0.2, -0.15) is 11.3 Å². The van der Waals surface area contributed by atoms with Gasteiger partial charge < -0.3 is 5.32 Å². The zero-order valence-electron chi connectivity index (χ0n) is 9.82. The summed E-state index contributed by atoms with van der Waals surface area (Å²) in [6.45, 7) is 6.31. The van der Waals surface area contributed by atoms with E-state index < -0.39 is 0 Å². The van der Waals surface area contributed by atoms with Gasteiger partial charge in [-0.15, -0.1) is 0 Å². The lowest BCUT2D eigenvalue weighted by molar-refractivity contribution is 0.753. The van der Waals surface area contributed by atoms with E-state index in [1.165, 1.54) is 24.0 Å². The maximum Gasteiger partial charge on any atom is 0.157 e. The molecule has 16 heavy (non-hydrogen) atoms. The average molecular weight is 254 g/mol. The predicted molar refractivity (Wildman–Crippen MR) is 74.5 cm³/mol. The Hall–Kier alpha value is -0.480. The number of amidine groups is 1. The lowest BCUT2D eigenvalue weighted by Crippen LogP contribution is -2.18. The van der Waals surface area contributed by atoms with Gasteiger partial charge in [0.05, 0.1) is 6.54 Å². The molecule has 0 aromatic carbocycles. The highest BCUT2D eigenvalue weighted by Gasteiger charge is 2.18. The van der Waals surface area contributed by atoms with Crippen molar-refractivity contribution in [3.63, 3.8) is 0 Å². The molecule has 88 valence electrons. The summed E-state index contributed by atoms with van der Waals surface area (Å²) in [6, 6.07) is 0. The molecule has 4 heteroatoms. The van der Waals surface area contributed by atoms with Crippen LogP contribution in [0.3, 0.4) is 0 Å². The fourth-order valence-corrected chi connectivity index (χ4v) is 3.71. The van der Waals surface area contributed by atoms with Crippen LogP contribution in [0, 0.1) is 6.92 Å². The molecule has 0 bridgehead atoms. The molecule has 1 N–H and O–H groups in total. The van der Waals surface area contributed by atoms with E-state index in [1.54, 1.807) is 11.3 Å². The van der Waals surface area contributed by atoms with Crippen LogP contribution in [0.4, 0.5) is 0 Å². The molecule has 1 unspecified atom stereocenters. The fourth-order valence-electron chi connectivity index (χ4n) is 1.73. The molecule has 1 aliphatic rings. The third-order valence-corrected chi connectivity index (χ3v) is 4.84. The minimum Gasteiger partial charge on any atom is -0.361 e. The monoisotopic (exact) mass is 254 g/mol. The zero-order chi connectivity index (χ0) is 11.4. The van der Waals surface area contributed by atoms with Gasteiger partial charge in [0.15, 0.2) is 5.17 Å². The first-order chi connectivity index (χ1) is 7.79. The van der Waals surface area contributed by atoms with E-state index in [1.807, 2.05) is 11.8 Å². The van der Waals surface area contributed by atoms with Crippen LogP contribution in [-0.4, -0.2) is 17.0 Å². The summed E-state index contributed by atoms with van der Waals surface area (Å²) in [5, 5.41) is 9.68. The molecule has 1 aromatic rings. The Labute approximate surface area is 106 Å². The number of thioether (sulfide) groups is 1. The van der Waals surface area contributed by atoms with Crippen molar-refractivity contribution in [2.24, 2.45) is 4.99 Å². The molecular weight excluding hydrogens is 236 g/mol. The van der Waals surface area contributed by atoms with Crippen molar-refractivity contribution in [1.29, 1.82) is 0 Å². The molecule has 2 rings (SSSR count). The lowest BCUT2D eigenvalue weighted by atomic mass is 10.2. The number of hydrogen-bond acceptors (Lipinski definition) is 4. The van der Waals surface area contributed by atoms with Gasteiger partial charge in [-0.05, 0) is 35.2 Å². The van der Waals surface area contributed by atoms with Crippen molar-refractivity contribution >= 4 is 28.3 Å². The van der Waals surface area contributed by atoms with E-state index >= 15 is 0 Å². The summed E-state index contributed by atoms with van der Waals surface area (Å²) in [5.41, 5.74) is 2.78. The quantitative estimate of drug-likeness (QED) is 0.890. The molecule has 0 spiro atoms. The van der Waals surface area contributed by atoms with Crippen LogP contribution in [-0.2, 0) is 6.54 Å². The van der Waals surface area contributed by atoms with Gasteiger partial charge in [0.1, 0.15) is 0 Å². The van der Waals surface area contributed by atoms with Gasteiger partial charge in [-0.1, -0.05) is 25.1 Å². The molecule has 0 radical (unpaired) electrons. The Morgan fingerprint density at radius 3 is 3.06 bits per heavy atom. The Morgan fingerprint density at radius 1 is 1.50 bits per heavy atom. The fraction of sp³-hybridized carbons (Fsp3) is 0.583. The molecule has 2 nitrogen and oxygen atoms in total. The molecule has 1 aliphatic heterocycles. The molecule has 2 heterocycles. The topological polar surface area (TPSA) is 24.4 Å².